The molecule has 0 unspecified atom stereocenters. The lowest BCUT2D eigenvalue weighted by Gasteiger charge is -2.38. The zero-order valence-corrected chi connectivity index (χ0v) is 13.5. The van der Waals surface area contributed by atoms with Gasteiger partial charge in [0.05, 0.1) is 31.3 Å². The minimum atomic E-state index is -0.364. The lowest BCUT2D eigenvalue weighted by atomic mass is 10.0. The average molecular weight is 315 g/mol. The quantitative estimate of drug-likeness (QED) is 0.839. The molecule has 2 aliphatic rings. The van der Waals surface area contributed by atoms with E-state index in [9.17, 15) is 0 Å². The molecule has 7 heteroatoms. The summed E-state index contributed by atoms with van der Waals surface area (Å²) in [6.45, 7) is 7.12. The smallest absolute Gasteiger partial charge is 0.174 e. The summed E-state index contributed by atoms with van der Waals surface area (Å²) < 4.78 is 13.4. The fourth-order valence-corrected chi connectivity index (χ4v) is 3.32. The van der Waals surface area contributed by atoms with Crippen LogP contribution in [0.1, 0.15) is 24.2 Å². The number of ether oxygens (including phenoxy) is 2. The average Bonchev–Trinajstić information content (AvgIpc) is 3.15. The molecule has 122 valence electrons. The lowest BCUT2D eigenvalue weighted by molar-refractivity contribution is -0.169. The summed E-state index contributed by atoms with van der Waals surface area (Å²) >= 11 is 0. The van der Waals surface area contributed by atoms with Crippen molar-refractivity contribution in [2.45, 2.75) is 32.5 Å². The second-order valence-electron chi connectivity index (χ2n) is 6.17. The Morgan fingerprint density at radius 3 is 2.39 bits per heavy atom. The van der Waals surface area contributed by atoms with Gasteiger partial charge in [0.2, 0.25) is 0 Å². The zero-order valence-electron chi connectivity index (χ0n) is 13.5. The van der Waals surface area contributed by atoms with Gasteiger partial charge in [0, 0.05) is 31.6 Å². The Labute approximate surface area is 135 Å². The van der Waals surface area contributed by atoms with E-state index in [1.807, 2.05) is 30.8 Å². The molecule has 0 N–H and O–H groups in total. The minimum absolute atomic E-state index is 0.364. The summed E-state index contributed by atoms with van der Waals surface area (Å²) in [7, 11) is 0. The molecule has 2 aliphatic heterocycles. The fourth-order valence-electron chi connectivity index (χ4n) is 3.32. The Hall–Kier alpha value is -1.99. The minimum Gasteiger partial charge on any atom is -0.355 e. The van der Waals surface area contributed by atoms with Crippen molar-refractivity contribution < 1.29 is 9.47 Å². The van der Waals surface area contributed by atoms with Gasteiger partial charge in [-0.25, -0.2) is 9.67 Å². The van der Waals surface area contributed by atoms with Crippen molar-refractivity contribution in [3.05, 3.63) is 29.8 Å². The van der Waals surface area contributed by atoms with E-state index in [0.29, 0.717) is 13.2 Å². The highest BCUT2D eigenvalue weighted by molar-refractivity contribution is 5.40. The lowest BCUT2D eigenvalue weighted by Crippen LogP contribution is -2.45. The first-order valence-electron chi connectivity index (χ1n) is 8.04. The van der Waals surface area contributed by atoms with Crippen LogP contribution in [0.25, 0.3) is 5.82 Å². The third-order valence-corrected chi connectivity index (χ3v) is 4.50. The predicted octanol–water partition coefficient (Wildman–Crippen LogP) is 1.62. The summed E-state index contributed by atoms with van der Waals surface area (Å²) in [5.74, 6) is 1.27. The van der Waals surface area contributed by atoms with Crippen LogP contribution in [0.15, 0.2) is 18.5 Å². The van der Waals surface area contributed by atoms with Gasteiger partial charge < -0.3 is 14.4 Å². The highest BCUT2D eigenvalue weighted by Gasteiger charge is 2.40. The number of hydrogen-bond acceptors (Lipinski definition) is 6. The number of hydrogen-bond donors (Lipinski definition) is 0. The maximum absolute atomic E-state index is 5.78. The zero-order chi connectivity index (χ0) is 15.9. The van der Waals surface area contributed by atoms with Crippen molar-refractivity contribution in [2.75, 3.05) is 31.2 Å². The molecule has 0 aliphatic carbocycles. The normalized spacial score (nSPS) is 20.3. The van der Waals surface area contributed by atoms with Crippen LogP contribution in [0.5, 0.6) is 0 Å². The molecule has 0 amide bonds. The number of nitrogens with zero attached hydrogens (tertiary/aromatic N) is 5. The van der Waals surface area contributed by atoms with Crippen LogP contribution < -0.4 is 4.90 Å². The number of piperidine rings is 1. The molecule has 4 heterocycles. The monoisotopic (exact) mass is 315 g/mol. The Morgan fingerprint density at radius 1 is 1.04 bits per heavy atom. The van der Waals surface area contributed by atoms with Gasteiger partial charge in [-0.15, -0.1) is 0 Å². The van der Waals surface area contributed by atoms with Gasteiger partial charge in [-0.2, -0.15) is 5.10 Å². The van der Waals surface area contributed by atoms with E-state index in [0.717, 1.165) is 49.0 Å². The fraction of sp³-hybridized carbons (Fsp3) is 0.562. The van der Waals surface area contributed by atoms with Crippen molar-refractivity contribution in [1.82, 2.24) is 19.7 Å². The summed E-state index contributed by atoms with van der Waals surface area (Å²) in [6, 6.07) is 2.04. The molecule has 0 radical (unpaired) electrons. The van der Waals surface area contributed by atoms with E-state index < -0.39 is 0 Å². The Bertz CT molecular complexity index is 698. The van der Waals surface area contributed by atoms with Gasteiger partial charge in [0.25, 0.3) is 0 Å². The first kappa shape index (κ1) is 14.6. The van der Waals surface area contributed by atoms with Crippen molar-refractivity contribution in [2.24, 2.45) is 0 Å². The molecule has 0 aromatic carbocycles. The molecule has 4 rings (SSSR count). The highest BCUT2D eigenvalue weighted by atomic mass is 16.7. The molecule has 0 atom stereocenters. The maximum Gasteiger partial charge on any atom is 0.174 e. The predicted molar refractivity (Wildman–Crippen MR) is 84.7 cm³/mol. The van der Waals surface area contributed by atoms with Crippen molar-refractivity contribution >= 4 is 5.82 Å². The van der Waals surface area contributed by atoms with Gasteiger partial charge >= 0.3 is 0 Å². The second kappa shape index (κ2) is 5.58. The van der Waals surface area contributed by atoms with Crippen LogP contribution >= 0.6 is 0 Å². The third kappa shape index (κ3) is 2.70. The molecular weight excluding hydrogens is 294 g/mol. The van der Waals surface area contributed by atoms with E-state index in [1.165, 1.54) is 0 Å². The van der Waals surface area contributed by atoms with Crippen LogP contribution in [0.4, 0.5) is 5.82 Å². The molecule has 0 bridgehead atoms. The van der Waals surface area contributed by atoms with Gasteiger partial charge in [-0.05, 0) is 19.9 Å². The first-order chi connectivity index (χ1) is 11.2. The molecule has 2 aromatic rings. The molecule has 23 heavy (non-hydrogen) atoms. The van der Waals surface area contributed by atoms with Crippen LogP contribution in [0.2, 0.25) is 0 Å². The van der Waals surface area contributed by atoms with Crippen LogP contribution in [-0.4, -0.2) is 51.8 Å². The van der Waals surface area contributed by atoms with E-state index in [1.54, 1.807) is 6.20 Å². The standard InChI is InChI=1S/C16H21N5O2/c1-12-9-13(2)21(19-12)15-11-17-10-14(18-15)20-5-3-16(4-6-20)22-7-8-23-16/h9-11H,3-8H2,1-2H3. The van der Waals surface area contributed by atoms with E-state index >= 15 is 0 Å². The molecule has 7 nitrogen and oxygen atoms in total. The van der Waals surface area contributed by atoms with E-state index in [4.69, 9.17) is 14.5 Å². The van der Waals surface area contributed by atoms with Gasteiger partial charge in [0.1, 0.15) is 5.82 Å². The molecule has 2 fully saturated rings. The topological polar surface area (TPSA) is 65.3 Å². The van der Waals surface area contributed by atoms with Gasteiger partial charge in [-0.1, -0.05) is 0 Å². The van der Waals surface area contributed by atoms with Crippen LogP contribution in [-0.2, 0) is 9.47 Å². The summed E-state index contributed by atoms with van der Waals surface area (Å²) in [6.07, 6.45) is 5.28. The Balaban J connectivity index is 1.54. The third-order valence-electron chi connectivity index (χ3n) is 4.50. The maximum atomic E-state index is 5.78. The highest BCUT2D eigenvalue weighted by Crippen LogP contribution is 2.32. The van der Waals surface area contributed by atoms with Crippen LogP contribution in [0, 0.1) is 13.8 Å². The molecule has 2 saturated heterocycles. The van der Waals surface area contributed by atoms with Crippen LogP contribution in [0.3, 0.4) is 0 Å². The number of rotatable bonds is 2. The molecule has 0 saturated carbocycles. The number of aromatic nitrogens is 4. The SMILES string of the molecule is Cc1cc(C)n(-c2cncc(N3CCC4(CC3)OCCO4)n2)n1. The van der Waals surface area contributed by atoms with E-state index in [-0.39, 0.29) is 5.79 Å². The first-order valence-corrected chi connectivity index (χ1v) is 8.04. The van der Waals surface area contributed by atoms with Crippen molar-refractivity contribution in [1.29, 1.82) is 0 Å². The summed E-state index contributed by atoms with van der Waals surface area (Å²) in [5.41, 5.74) is 2.03. The summed E-state index contributed by atoms with van der Waals surface area (Å²) in [5, 5.41) is 4.48. The number of anilines is 1. The molecule has 1 spiro atoms. The number of aryl methyl sites for hydroxylation is 2. The van der Waals surface area contributed by atoms with E-state index in [2.05, 4.69) is 15.0 Å². The Morgan fingerprint density at radius 2 is 1.74 bits per heavy atom. The van der Waals surface area contributed by atoms with Gasteiger partial charge in [-0.3, -0.25) is 4.98 Å². The largest absolute Gasteiger partial charge is 0.355 e. The molecular formula is C16H21N5O2. The van der Waals surface area contributed by atoms with Crippen molar-refractivity contribution in [3.63, 3.8) is 0 Å². The van der Waals surface area contributed by atoms with Gasteiger partial charge in [0.15, 0.2) is 11.6 Å². The second-order valence-corrected chi connectivity index (χ2v) is 6.17. The van der Waals surface area contributed by atoms with Crippen molar-refractivity contribution in [3.8, 4) is 5.82 Å². The Kier molecular flexibility index (Phi) is 3.54. The summed E-state index contributed by atoms with van der Waals surface area (Å²) in [4.78, 5) is 11.3. The molecule has 2 aromatic heterocycles.